The fraction of sp³-hybridized carbons (Fsp3) is 0.263. The maximum absolute atomic E-state index is 13.3. The third kappa shape index (κ3) is 2.26. The van der Waals surface area contributed by atoms with Gasteiger partial charge in [0.2, 0.25) is 0 Å². The van der Waals surface area contributed by atoms with Crippen LogP contribution in [0.15, 0.2) is 42.5 Å². The fourth-order valence-corrected chi connectivity index (χ4v) is 4.45. The molecule has 0 amide bonds. The van der Waals surface area contributed by atoms with Gasteiger partial charge in [0.25, 0.3) is 0 Å². The van der Waals surface area contributed by atoms with Crippen LogP contribution in [0.4, 0.5) is 9.52 Å². The summed E-state index contributed by atoms with van der Waals surface area (Å²) >= 11 is 1.60. The molecule has 2 aromatic carbocycles. The number of aromatic nitrogens is 1. The number of nitrogens with zero attached hydrogens (tertiary/aromatic N) is 3. The summed E-state index contributed by atoms with van der Waals surface area (Å²) in [5, 5.41) is 9.99. The summed E-state index contributed by atoms with van der Waals surface area (Å²) in [7, 11) is 2.06. The predicted octanol–water partition coefficient (Wildman–Crippen LogP) is 4.82. The van der Waals surface area contributed by atoms with Crippen LogP contribution in [0.25, 0.3) is 10.2 Å². The molecule has 0 spiro atoms. The first-order valence-electron chi connectivity index (χ1n) is 7.93. The standard InChI is InChI=1S/C19H16FN3S/c1-23(18-22-16-8-3-13(12-21)11-17(16)24-18)19(9-2-10-19)14-4-6-15(20)7-5-14/h3-8,11H,2,9-10H2,1H3. The van der Waals surface area contributed by atoms with E-state index in [0.717, 1.165) is 40.2 Å². The van der Waals surface area contributed by atoms with Crippen molar-refractivity contribution < 1.29 is 4.39 Å². The highest BCUT2D eigenvalue weighted by atomic mass is 32.1. The van der Waals surface area contributed by atoms with Crippen molar-refractivity contribution in [1.29, 1.82) is 5.26 Å². The van der Waals surface area contributed by atoms with Gasteiger partial charge in [-0.05, 0) is 55.2 Å². The zero-order chi connectivity index (χ0) is 16.7. The minimum absolute atomic E-state index is 0.111. The second-order valence-electron chi connectivity index (χ2n) is 6.24. The summed E-state index contributed by atoms with van der Waals surface area (Å²) in [6.45, 7) is 0. The minimum atomic E-state index is -0.208. The monoisotopic (exact) mass is 337 g/mol. The Morgan fingerprint density at radius 2 is 1.96 bits per heavy atom. The van der Waals surface area contributed by atoms with Crippen LogP contribution >= 0.6 is 11.3 Å². The largest absolute Gasteiger partial charge is 0.341 e. The number of hydrogen-bond donors (Lipinski definition) is 0. The molecule has 120 valence electrons. The Balaban J connectivity index is 1.75. The van der Waals surface area contributed by atoms with Crippen LogP contribution in [-0.4, -0.2) is 12.0 Å². The van der Waals surface area contributed by atoms with Crippen LogP contribution in [-0.2, 0) is 5.54 Å². The van der Waals surface area contributed by atoms with Gasteiger partial charge in [0.1, 0.15) is 5.82 Å². The molecule has 1 aliphatic rings. The molecule has 1 fully saturated rings. The van der Waals surface area contributed by atoms with Gasteiger partial charge in [0.15, 0.2) is 5.13 Å². The van der Waals surface area contributed by atoms with Gasteiger partial charge in [-0.25, -0.2) is 9.37 Å². The lowest BCUT2D eigenvalue weighted by molar-refractivity contribution is 0.241. The zero-order valence-electron chi connectivity index (χ0n) is 13.3. The van der Waals surface area contributed by atoms with E-state index in [-0.39, 0.29) is 11.4 Å². The maximum Gasteiger partial charge on any atom is 0.186 e. The number of thiazole rings is 1. The molecule has 3 nitrogen and oxygen atoms in total. The SMILES string of the molecule is CN(c1nc2ccc(C#N)cc2s1)C1(c2ccc(F)cc2)CCC1. The van der Waals surface area contributed by atoms with Crippen LogP contribution in [0.1, 0.15) is 30.4 Å². The maximum atomic E-state index is 13.3. The lowest BCUT2D eigenvalue weighted by Crippen LogP contribution is -2.49. The van der Waals surface area contributed by atoms with Crippen LogP contribution in [0.3, 0.4) is 0 Å². The summed E-state index contributed by atoms with van der Waals surface area (Å²) in [4.78, 5) is 6.96. The van der Waals surface area contributed by atoms with Gasteiger partial charge in [0.05, 0.1) is 27.4 Å². The molecule has 0 unspecified atom stereocenters. The molecule has 0 atom stereocenters. The summed E-state index contributed by atoms with van der Waals surface area (Å²) in [6.07, 6.45) is 3.23. The second kappa shape index (κ2) is 5.57. The smallest absolute Gasteiger partial charge is 0.186 e. The Hall–Kier alpha value is -2.45. The van der Waals surface area contributed by atoms with Crippen LogP contribution in [0.2, 0.25) is 0 Å². The number of hydrogen-bond acceptors (Lipinski definition) is 4. The molecule has 1 aliphatic carbocycles. The Morgan fingerprint density at radius 1 is 1.21 bits per heavy atom. The van der Waals surface area contributed by atoms with E-state index < -0.39 is 0 Å². The highest BCUT2D eigenvalue weighted by Gasteiger charge is 2.43. The van der Waals surface area contributed by atoms with E-state index in [1.807, 2.05) is 24.3 Å². The average molecular weight is 337 g/mol. The number of nitriles is 1. The molecule has 0 saturated heterocycles. The molecule has 0 bridgehead atoms. The van der Waals surface area contributed by atoms with E-state index in [2.05, 4.69) is 18.0 Å². The van der Waals surface area contributed by atoms with Crippen molar-refractivity contribution in [2.24, 2.45) is 0 Å². The quantitative estimate of drug-likeness (QED) is 0.688. The third-order valence-electron chi connectivity index (χ3n) is 5.00. The first-order chi connectivity index (χ1) is 11.6. The van der Waals surface area contributed by atoms with Crippen LogP contribution in [0, 0.1) is 17.1 Å². The molecular formula is C19H16FN3S. The fourth-order valence-electron chi connectivity index (χ4n) is 3.40. The van der Waals surface area contributed by atoms with Crippen molar-refractivity contribution in [3.05, 3.63) is 59.4 Å². The first kappa shape index (κ1) is 15.1. The number of fused-ring (bicyclic) bond motifs is 1. The Morgan fingerprint density at radius 3 is 2.58 bits per heavy atom. The van der Waals surface area contributed by atoms with Gasteiger partial charge in [-0.2, -0.15) is 5.26 Å². The number of anilines is 1. The minimum Gasteiger partial charge on any atom is -0.341 e. The zero-order valence-corrected chi connectivity index (χ0v) is 14.1. The molecule has 4 rings (SSSR count). The summed E-state index contributed by atoms with van der Waals surface area (Å²) in [5.74, 6) is -0.208. The van der Waals surface area contributed by atoms with Crippen molar-refractivity contribution in [2.45, 2.75) is 24.8 Å². The summed E-state index contributed by atoms with van der Waals surface area (Å²) in [6, 6.07) is 14.6. The second-order valence-corrected chi connectivity index (χ2v) is 7.25. The molecule has 0 radical (unpaired) electrons. The van der Waals surface area contributed by atoms with Gasteiger partial charge >= 0.3 is 0 Å². The van der Waals surface area contributed by atoms with E-state index in [1.54, 1.807) is 17.4 Å². The van der Waals surface area contributed by atoms with Crippen LogP contribution in [0.5, 0.6) is 0 Å². The lowest BCUT2D eigenvalue weighted by Gasteiger charge is -2.49. The molecule has 0 N–H and O–H groups in total. The molecule has 1 heterocycles. The highest BCUT2D eigenvalue weighted by molar-refractivity contribution is 7.22. The van der Waals surface area contributed by atoms with Gasteiger partial charge < -0.3 is 4.90 Å². The average Bonchev–Trinajstić information content (AvgIpc) is 2.98. The van der Waals surface area contributed by atoms with Crippen molar-refractivity contribution in [1.82, 2.24) is 4.98 Å². The normalized spacial score (nSPS) is 15.7. The predicted molar refractivity (Wildman–Crippen MR) is 94.7 cm³/mol. The molecule has 3 aromatic rings. The molecule has 1 saturated carbocycles. The molecule has 24 heavy (non-hydrogen) atoms. The Labute approximate surface area is 144 Å². The topological polar surface area (TPSA) is 39.9 Å². The Bertz CT molecular complexity index is 935. The molecular weight excluding hydrogens is 321 g/mol. The molecule has 5 heteroatoms. The number of benzene rings is 2. The first-order valence-corrected chi connectivity index (χ1v) is 8.75. The van der Waals surface area contributed by atoms with E-state index in [9.17, 15) is 4.39 Å². The molecule has 0 aliphatic heterocycles. The van der Waals surface area contributed by atoms with Crippen molar-refractivity contribution in [2.75, 3.05) is 11.9 Å². The van der Waals surface area contributed by atoms with E-state index in [4.69, 9.17) is 10.2 Å². The van der Waals surface area contributed by atoms with E-state index in [0.29, 0.717) is 5.56 Å². The number of halogens is 1. The third-order valence-corrected chi connectivity index (χ3v) is 6.09. The van der Waals surface area contributed by atoms with Crippen molar-refractivity contribution in [3.8, 4) is 6.07 Å². The molecule has 1 aromatic heterocycles. The van der Waals surface area contributed by atoms with E-state index in [1.165, 1.54) is 12.1 Å². The summed E-state index contributed by atoms with van der Waals surface area (Å²) in [5.41, 5.74) is 2.58. The van der Waals surface area contributed by atoms with Gasteiger partial charge in [0, 0.05) is 7.05 Å². The summed E-state index contributed by atoms with van der Waals surface area (Å²) < 4.78 is 14.3. The van der Waals surface area contributed by atoms with Crippen LogP contribution < -0.4 is 4.90 Å². The number of rotatable bonds is 3. The van der Waals surface area contributed by atoms with Crippen molar-refractivity contribution >= 4 is 26.7 Å². The Kier molecular flexibility index (Phi) is 3.50. The van der Waals surface area contributed by atoms with Gasteiger partial charge in [-0.1, -0.05) is 23.5 Å². The van der Waals surface area contributed by atoms with Gasteiger partial charge in [-0.3, -0.25) is 0 Å². The van der Waals surface area contributed by atoms with E-state index >= 15 is 0 Å². The van der Waals surface area contributed by atoms with Gasteiger partial charge in [-0.15, -0.1) is 0 Å². The lowest BCUT2D eigenvalue weighted by atomic mass is 9.71. The highest BCUT2D eigenvalue weighted by Crippen LogP contribution is 2.48. The van der Waals surface area contributed by atoms with Crippen molar-refractivity contribution in [3.63, 3.8) is 0 Å².